The summed E-state index contributed by atoms with van der Waals surface area (Å²) in [5.74, 6) is -0.645. The second-order valence-electron chi connectivity index (χ2n) is 4.60. The fourth-order valence-electron chi connectivity index (χ4n) is 1.73. The first-order valence-corrected chi connectivity index (χ1v) is 6.57. The maximum absolute atomic E-state index is 13.0. The summed E-state index contributed by atoms with van der Waals surface area (Å²) < 4.78 is 18.1. The second-order valence-corrected chi connectivity index (χ2v) is 4.60. The van der Waals surface area contributed by atoms with Gasteiger partial charge in [0.2, 0.25) is 11.8 Å². The van der Waals surface area contributed by atoms with Gasteiger partial charge in [0.15, 0.2) is 0 Å². The van der Waals surface area contributed by atoms with E-state index >= 15 is 0 Å². The molecule has 6 heteroatoms. The molecule has 1 heterocycles. The van der Waals surface area contributed by atoms with Crippen LogP contribution in [0.25, 0.3) is 6.08 Å². The number of amides is 2. The summed E-state index contributed by atoms with van der Waals surface area (Å²) in [4.78, 5) is 24.9. The number of furan rings is 1. The minimum Gasteiger partial charge on any atom is -0.465 e. The summed E-state index contributed by atoms with van der Waals surface area (Å²) in [7, 11) is 1.50. The largest absolute Gasteiger partial charge is 0.465 e. The minimum atomic E-state index is -0.441. The average Bonchev–Trinajstić information content (AvgIpc) is 2.97. The fourth-order valence-corrected chi connectivity index (χ4v) is 1.73. The Bertz CT molecular complexity index is 680. The molecular formula is C16H15FN2O3. The number of anilines is 1. The summed E-state index contributed by atoms with van der Waals surface area (Å²) >= 11 is 0. The standard InChI is InChI=1S/C16H15FN2O3/c1-19(16(21)8-7-14-6-3-9-22-14)11-15(20)18-13-5-2-4-12(17)10-13/h2-10H,11H2,1H3,(H,18,20)/b8-7+. The molecule has 114 valence electrons. The van der Waals surface area contributed by atoms with Gasteiger partial charge in [-0.3, -0.25) is 9.59 Å². The van der Waals surface area contributed by atoms with Crippen LogP contribution in [0.5, 0.6) is 0 Å². The molecule has 0 aliphatic heterocycles. The Morgan fingerprint density at radius 2 is 2.14 bits per heavy atom. The minimum absolute atomic E-state index is 0.141. The van der Waals surface area contributed by atoms with E-state index in [9.17, 15) is 14.0 Å². The van der Waals surface area contributed by atoms with Crippen LogP contribution >= 0.6 is 0 Å². The number of carbonyl (C=O) groups excluding carboxylic acids is 2. The number of rotatable bonds is 5. The molecule has 0 atom stereocenters. The van der Waals surface area contributed by atoms with Gasteiger partial charge >= 0.3 is 0 Å². The first-order valence-electron chi connectivity index (χ1n) is 6.57. The van der Waals surface area contributed by atoms with E-state index in [0.29, 0.717) is 11.4 Å². The zero-order valence-electron chi connectivity index (χ0n) is 12.0. The Morgan fingerprint density at radius 3 is 2.82 bits per heavy atom. The van der Waals surface area contributed by atoms with Gasteiger partial charge in [-0.1, -0.05) is 6.07 Å². The fraction of sp³-hybridized carbons (Fsp3) is 0.125. The number of nitrogens with zero attached hydrogens (tertiary/aromatic N) is 1. The first-order chi connectivity index (χ1) is 10.5. The second kappa shape index (κ2) is 7.21. The molecule has 2 amide bonds. The van der Waals surface area contributed by atoms with Crippen LogP contribution < -0.4 is 5.32 Å². The van der Waals surface area contributed by atoms with Crippen LogP contribution in [-0.4, -0.2) is 30.3 Å². The lowest BCUT2D eigenvalue weighted by atomic mass is 10.3. The molecule has 22 heavy (non-hydrogen) atoms. The number of carbonyl (C=O) groups is 2. The highest BCUT2D eigenvalue weighted by molar-refractivity contribution is 5.97. The quantitative estimate of drug-likeness (QED) is 0.863. The Balaban J connectivity index is 1.86. The monoisotopic (exact) mass is 302 g/mol. The van der Waals surface area contributed by atoms with Gasteiger partial charge in [0.25, 0.3) is 0 Å². The van der Waals surface area contributed by atoms with Crippen LogP contribution in [0.2, 0.25) is 0 Å². The molecule has 0 bridgehead atoms. The lowest BCUT2D eigenvalue weighted by Gasteiger charge is -2.14. The van der Waals surface area contributed by atoms with Gasteiger partial charge in [0.1, 0.15) is 11.6 Å². The van der Waals surface area contributed by atoms with E-state index < -0.39 is 11.7 Å². The molecule has 5 nitrogen and oxygen atoms in total. The van der Waals surface area contributed by atoms with Crippen molar-refractivity contribution in [3.8, 4) is 0 Å². The van der Waals surface area contributed by atoms with Crippen LogP contribution in [0.4, 0.5) is 10.1 Å². The SMILES string of the molecule is CN(CC(=O)Nc1cccc(F)c1)C(=O)/C=C/c1ccco1. The molecule has 0 spiro atoms. The van der Waals surface area contributed by atoms with E-state index in [1.807, 2.05) is 0 Å². The average molecular weight is 302 g/mol. The molecule has 0 fully saturated rings. The van der Waals surface area contributed by atoms with Gasteiger partial charge in [0.05, 0.1) is 12.8 Å². The van der Waals surface area contributed by atoms with E-state index in [0.717, 1.165) is 0 Å². The summed E-state index contributed by atoms with van der Waals surface area (Å²) in [6, 6.07) is 8.97. The number of nitrogens with one attached hydrogen (secondary N) is 1. The lowest BCUT2D eigenvalue weighted by molar-refractivity contribution is -0.129. The third-order valence-electron chi connectivity index (χ3n) is 2.80. The molecule has 2 rings (SSSR count). The van der Waals surface area contributed by atoms with Crippen molar-refractivity contribution in [1.82, 2.24) is 4.90 Å². The summed E-state index contributed by atoms with van der Waals surface area (Å²) in [5, 5.41) is 2.52. The van der Waals surface area contributed by atoms with Crippen molar-refractivity contribution in [2.75, 3.05) is 18.9 Å². The molecule has 0 unspecified atom stereocenters. The Hall–Kier alpha value is -2.89. The maximum Gasteiger partial charge on any atom is 0.246 e. The van der Waals surface area contributed by atoms with E-state index in [1.165, 1.54) is 48.6 Å². The van der Waals surface area contributed by atoms with Gasteiger partial charge in [-0.25, -0.2) is 4.39 Å². The van der Waals surface area contributed by atoms with Crippen molar-refractivity contribution < 1.29 is 18.4 Å². The van der Waals surface area contributed by atoms with Gasteiger partial charge in [-0.15, -0.1) is 0 Å². The number of hydrogen-bond donors (Lipinski definition) is 1. The summed E-state index contributed by atoms with van der Waals surface area (Å²) in [5.41, 5.74) is 0.344. The topological polar surface area (TPSA) is 62.6 Å². The highest BCUT2D eigenvalue weighted by Gasteiger charge is 2.11. The van der Waals surface area contributed by atoms with E-state index in [4.69, 9.17) is 4.42 Å². The van der Waals surface area contributed by atoms with Crippen molar-refractivity contribution in [1.29, 1.82) is 0 Å². The third-order valence-corrected chi connectivity index (χ3v) is 2.80. The van der Waals surface area contributed by atoms with Crippen LogP contribution in [0.3, 0.4) is 0 Å². The van der Waals surface area contributed by atoms with Crippen LogP contribution in [-0.2, 0) is 9.59 Å². The van der Waals surface area contributed by atoms with Gasteiger partial charge in [-0.05, 0) is 36.4 Å². The normalized spacial score (nSPS) is 10.6. The highest BCUT2D eigenvalue weighted by atomic mass is 19.1. The molecule has 0 radical (unpaired) electrons. The Kier molecular flexibility index (Phi) is 5.08. The summed E-state index contributed by atoms with van der Waals surface area (Å²) in [6.45, 7) is -0.141. The lowest BCUT2D eigenvalue weighted by Crippen LogP contribution is -2.33. The molecule has 0 saturated heterocycles. The van der Waals surface area contributed by atoms with Crippen LogP contribution in [0, 0.1) is 5.82 Å². The van der Waals surface area contributed by atoms with Crippen molar-refractivity contribution in [3.05, 3.63) is 60.3 Å². The van der Waals surface area contributed by atoms with Crippen molar-refractivity contribution in [2.24, 2.45) is 0 Å². The zero-order chi connectivity index (χ0) is 15.9. The molecule has 1 aromatic heterocycles. The van der Waals surface area contributed by atoms with Crippen LogP contribution in [0.15, 0.2) is 53.2 Å². The Labute approximate surface area is 127 Å². The highest BCUT2D eigenvalue weighted by Crippen LogP contribution is 2.09. The van der Waals surface area contributed by atoms with Crippen molar-refractivity contribution in [3.63, 3.8) is 0 Å². The predicted molar refractivity (Wildman–Crippen MR) is 80.4 cm³/mol. The van der Waals surface area contributed by atoms with E-state index in [2.05, 4.69) is 5.32 Å². The predicted octanol–water partition coefficient (Wildman–Crippen LogP) is 2.53. The van der Waals surface area contributed by atoms with Gasteiger partial charge < -0.3 is 14.6 Å². The molecule has 0 aliphatic carbocycles. The van der Waals surface area contributed by atoms with Gasteiger partial charge in [-0.2, -0.15) is 0 Å². The van der Waals surface area contributed by atoms with Crippen LogP contribution in [0.1, 0.15) is 5.76 Å². The van der Waals surface area contributed by atoms with Gasteiger partial charge in [0, 0.05) is 18.8 Å². The molecule has 1 N–H and O–H groups in total. The maximum atomic E-state index is 13.0. The third kappa shape index (κ3) is 4.59. The zero-order valence-corrected chi connectivity index (χ0v) is 12.0. The molecular weight excluding hydrogens is 287 g/mol. The molecule has 0 aliphatic rings. The first kappa shape index (κ1) is 15.5. The van der Waals surface area contributed by atoms with Crippen molar-refractivity contribution >= 4 is 23.6 Å². The van der Waals surface area contributed by atoms with Crippen molar-refractivity contribution in [2.45, 2.75) is 0 Å². The molecule has 1 aromatic carbocycles. The molecule has 2 aromatic rings. The number of benzene rings is 1. The smallest absolute Gasteiger partial charge is 0.246 e. The van der Waals surface area contributed by atoms with E-state index in [-0.39, 0.29) is 12.5 Å². The van der Waals surface area contributed by atoms with E-state index in [1.54, 1.807) is 18.2 Å². The number of halogens is 1. The number of hydrogen-bond acceptors (Lipinski definition) is 3. The summed E-state index contributed by atoms with van der Waals surface area (Å²) in [6.07, 6.45) is 4.33. The Morgan fingerprint density at radius 1 is 1.32 bits per heavy atom. The molecule has 0 saturated carbocycles. The number of likely N-dealkylation sites (N-methyl/N-ethyl adjacent to an activating group) is 1.